The maximum Gasteiger partial charge on any atom is 0.490 e. The van der Waals surface area contributed by atoms with Crippen molar-refractivity contribution in [3.63, 3.8) is 0 Å². The molecule has 3 N–H and O–H groups in total. The summed E-state index contributed by atoms with van der Waals surface area (Å²) < 4.78 is 72.3. The minimum atomic E-state index is -5.08. The Morgan fingerprint density at radius 1 is 1.09 bits per heavy atom. The van der Waals surface area contributed by atoms with Gasteiger partial charge in [0.15, 0.2) is 0 Å². The van der Waals surface area contributed by atoms with Crippen LogP contribution in [-0.2, 0) is 21.4 Å². The molecule has 44 heavy (non-hydrogen) atoms. The monoisotopic (exact) mass is 658 g/mol. The Labute approximate surface area is 259 Å². The number of aliphatic carboxylic acids is 1. The summed E-state index contributed by atoms with van der Waals surface area (Å²) in [4.78, 5) is 15.7. The summed E-state index contributed by atoms with van der Waals surface area (Å²) >= 11 is 6.19. The fourth-order valence-electron chi connectivity index (χ4n) is 4.26. The van der Waals surface area contributed by atoms with Crippen LogP contribution in [0.5, 0.6) is 17.4 Å². The lowest BCUT2D eigenvalue weighted by atomic mass is 10.1. The molecule has 15 heteroatoms. The molecule has 0 spiro atoms. The summed E-state index contributed by atoms with van der Waals surface area (Å²) in [6.45, 7) is 6.43. The lowest BCUT2D eigenvalue weighted by Gasteiger charge is -2.34. The number of halogens is 4. The summed E-state index contributed by atoms with van der Waals surface area (Å²) in [5.41, 5.74) is 1.36. The number of piperidine rings is 1. The third-order valence-corrected chi connectivity index (χ3v) is 8.42. The summed E-state index contributed by atoms with van der Waals surface area (Å²) in [5.74, 6) is -0.951. The van der Waals surface area contributed by atoms with Crippen molar-refractivity contribution >= 4 is 33.3 Å². The van der Waals surface area contributed by atoms with Crippen LogP contribution in [0, 0.1) is 0 Å². The number of hydrogen-bond donors (Lipinski definition) is 3. The van der Waals surface area contributed by atoms with Crippen LogP contribution in [0.1, 0.15) is 32.3 Å². The molecule has 0 radical (unpaired) electrons. The summed E-state index contributed by atoms with van der Waals surface area (Å²) in [7, 11) is -2.16. The van der Waals surface area contributed by atoms with E-state index in [0.29, 0.717) is 34.9 Å². The molecule has 1 aliphatic heterocycles. The minimum absolute atomic E-state index is 0.107. The maximum atomic E-state index is 13.3. The Morgan fingerprint density at radius 2 is 1.70 bits per heavy atom. The highest BCUT2D eigenvalue weighted by Gasteiger charge is 2.38. The van der Waals surface area contributed by atoms with E-state index in [2.05, 4.69) is 33.8 Å². The molecule has 0 atom stereocenters. The van der Waals surface area contributed by atoms with E-state index in [1.54, 1.807) is 37.6 Å². The van der Waals surface area contributed by atoms with Gasteiger partial charge in [0, 0.05) is 35.9 Å². The molecular weight excluding hydrogens is 625 g/mol. The minimum Gasteiger partial charge on any atom is -0.497 e. The smallest absolute Gasteiger partial charge is 0.490 e. The molecule has 240 valence electrons. The van der Waals surface area contributed by atoms with E-state index in [9.17, 15) is 21.6 Å². The number of sulfonamides is 1. The van der Waals surface area contributed by atoms with Crippen molar-refractivity contribution in [1.29, 1.82) is 0 Å². The number of rotatable bonds is 10. The van der Waals surface area contributed by atoms with Crippen molar-refractivity contribution < 1.29 is 41.0 Å². The van der Waals surface area contributed by atoms with E-state index in [1.165, 1.54) is 6.07 Å². The predicted octanol–water partition coefficient (Wildman–Crippen LogP) is 5.93. The molecule has 0 saturated carbocycles. The predicted molar refractivity (Wildman–Crippen MR) is 160 cm³/mol. The molecule has 0 amide bonds. The average molecular weight is 659 g/mol. The molecule has 2 heterocycles. The van der Waals surface area contributed by atoms with E-state index in [1.807, 2.05) is 24.3 Å². The van der Waals surface area contributed by atoms with E-state index in [-0.39, 0.29) is 10.9 Å². The highest BCUT2D eigenvalue weighted by atomic mass is 35.5. The zero-order chi connectivity index (χ0) is 32.5. The lowest BCUT2D eigenvalue weighted by molar-refractivity contribution is -0.192. The van der Waals surface area contributed by atoms with E-state index < -0.39 is 22.2 Å². The SMILES string of the molecule is COc1ccc(Oc2cc(CNc3ccc(Cl)cc3S(=O)(=O)NC3CCN(C(C)C)CC3)ccn2)cc1.O=C(O)C(F)(F)F. The Kier molecular flexibility index (Phi) is 12.2. The Morgan fingerprint density at radius 3 is 2.27 bits per heavy atom. The highest BCUT2D eigenvalue weighted by molar-refractivity contribution is 7.89. The number of carboxylic acid groups (broad SMARTS) is 1. The number of pyridine rings is 1. The molecule has 2 aromatic carbocycles. The van der Waals surface area contributed by atoms with Gasteiger partial charge in [-0.3, -0.25) is 0 Å². The number of anilines is 1. The second-order valence-electron chi connectivity index (χ2n) is 10.1. The third kappa shape index (κ3) is 10.5. The standard InChI is InChI=1S/C27H33ClN4O4S.C2HF3O2/c1-19(2)32-14-11-22(12-15-32)31-37(33,34)26-17-21(28)4-9-25(26)30-18-20-10-13-29-27(16-20)36-24-7-5-23(35-3)6-8-24;3-2(4,5)1(6)7/h4-10,13,16-17,19,22,30-31H,11-12,14-15,18H2,1-3H3;(H,6,7). The molecule has 0 aliphatic carbocycles. The van der Waals surface area contributed by atoms with Gasteiger partial charge in [-0.2, -0.15) is 13.2 Å². The largest absolute Gasteiger partial charge is 0.497 e. The van der Waals surface area contributed by atoms with Crippen LogP contribution in [0.25, 0.3) is 0 Å². The zero-order valence-electron chi connectivity index (χ0n) is 24.3. The van der Waals surface area contributed by atoms with Gasteiger partial charge in [-0.05, 0) is 93.9 Å². The van der Waals surface area contributed by atoms with Crippen LogP contribution < -0.4 is 19.5 Å². The molecule has 0 unspecified atom stereocenters. The van der Waals surface area contributed by atoms with Crippen LogP contribution in [0.15, 0.2) is 65.7 Å². The summed E-state index contributed by atoms with van der Waals surface area (Å²) in [5, 5.41) is 10.7. The number of hydrogen-bond acceptors (Lipinski definition) is 8. The van der Waals surface area contributed by atoms with Gasteiger partial charge in [0.2, 0.25) is 15.9 Å². The number of ether oxygens (including phenoxy) is 2. The number of alkyl halides is 3. The first-order valence-corrected chi connectivity index (χ1v) is 15.4. The summed E-state index contributed by atoms with van der Waals surface area (Å²) in [6, 6.07) is 16.1. The second-order valence-corrected chi connectivity index (χ2v) is 12.2. The zero-order valence-corrected chi connectivity index (χ0v) is 25.8. The van der Waals surface area contributed by atoms with Gasteiger partial charge in [0.25, 0.3) is 0 Å². The molecule has 3 aromatic rings. The van der Waals surface area contributed by atoms with Gasteiger partial charge < -0.3 is 24.8 Å². The van der Waals surface area contributed by atoms with Crippen LogP contribution in [0.3, 0.4) is 0 Å². The first-order chi connectivity index (χ1) is 20.7. The van der Waals surface area contributed by atoms with Crippen LogP contribution in [-0.4, -0.2) is 67.8 Å². The van der Waals surface area contributed by atoms with Crippen LogP contribution in [0.2, 0.25) is 5.02 Å². The van der Waals surface area contributed by atoms with Crippen molar-refractivity contribution in [3.05, 3.63) is 71.4 Å². The number of aromatic nitrogens is 1. The van der Waals surface area contributed by atoms with E-state index in [4.69, 9.17) is 31.0 Å². The summed E-state index contributed by atoms with van der Waals surface area (Å²) in [6.07, 6.45) is -1.89. The number of benzene rings is 2. The van der Waals surface area contributed by atoms with Crippen molar-refractivity contribution in [2.75, 3.05) is 25.5 Å². The van der Waals surface area contributed by atoms with Crippen molar-refractivity contribution in [2.24, 2.45) is 0 Å². The molecule has 1 aliphatic rings. The van der Waals surface area contributed by atoms with Gasteiger partial charge in [-0.15, -0.1) is 0 Å². The molecule has 1 saturated heterocycles. The second kappa shape index (κ2) is 15.4. The number of carbonyl (C=O) groups is 1. The van der Waals surface area contributed by atoms with Crippen molar-refractivity contribution in [3.8, 4) is 17.4 Å². The average Bonchev–Trinajstić information content (AvgIpc) is 2.97. The maximum absolute atomic E-state index is 13.3. The highest BCUT2D eigenvalue weighted by Crippen LogP contribution is 2.28. The number of nitrogens with one attached hydrogen (secondary N) is 2. The first-order valence-electron chi connectivity index (χ1n) is 13.5. The van der Waals surface area contributed by atoms with E-state index in [0.717, 1.165) is 37.2 Å². The molecule has 10 nitrogen and oxygen atoms in total. The molecule has 4 rings (SSSR count). The first kappa shape index (κ1) is 34.9. The molecule has 0 bridgehead atoms. The van der Waals surface area contributed by atoms with Gasteiger partial charge in [-0.1, -0.05) is 11.6 Å². The number of methoxy groups -OCH3 is 1. The third-order valence-electron chi connectivity index (χ3n) is 6.62. The van der Waals surface area contributed by atoms with Crippen molar-refractivity contribution in [2.45, 2.75) is 56.4 Å². The lowest BCUT2D eigenvalue weighted by Crippen LogP contribution is -2.46. The Balaban J connectivity index is 0.000000676. The normalized spacial score (nSPS) is 14.5. The quantitative estimate of drug-likeness (QED) is 0.243. The number of likely N-dealkylation sites (tertiary alicyclic amines) is 1. The molecule has 1 fully saturated rings. The molecule has 1 aromatic heterocycles. The number of nitrogens with zero attached hydrogens (tertiary/aromatic N) is 2. The van der Waals surface area contributed by atoms with Gasteiger partial charge >= 0.3 is 12.1 Å². The Hall–Kier alpha value is -3.59. The van der Waals surface area contributed by atoms with Gasteiger partial charge in [0.05, 0.1) is 12.8 Å². The topological polar surface area (TPSA) is 130 Å². The van der Waals surface area contributed by atoms with E-state index >= 15 is 0 Å². The van der Waals surface area contributed by atoms with Gasteiger partial charge in [0.1, 0.15) is 16.4 Å². The van der Waals surface area contributed by atoms with Gasteiger partial charge in [-0.25, -0.2) is 22.9 Å². The van der Waals surface area contributed by atoms with Crippen LogP contribution in [0.4, 0.5) is 18.9 Å². The Bertz CT molecular complexity index is 1500. The van der Waals surface area contributed by atoms with Crippen molar-refractivity contribution in [1.82, 2.24) is 14.6 Å². The fourth-order valence-corrected chi connectivity index (χ4v) is 6.01. The molecular formula is C29H34ClF3N4O6S. The fraction of sp³-hybridized carbons (Fsp3) is 0.379. The van der Waals surface area contributed by atoms with Crippen LogP contribution >= 0.6 is 11.6 Å². The number of carboxylic acids is 1.